The summed E-state index contributed by atoms with van der Waals surface area (Å²) >= 11 is 3.68. The Morgan fingerprint density at radius 1 is 1.32 bits per heavy atom. The van der Waals surface area contributed by atoms with Crippen LogP contribution in [0.1, 0.15) is 17.9 Å². The molecule has 2 atom stereocenters. The number of carbonyl (C=O) groups is 3. The first-order valence-electron chi connectivity index (χ1n) is 10.8. The lowest BCUT2D eigenvalue weighted by Gasteiger charge is -2.49. The predicted molar refractivity (Wildman–Crippen MR) is 160 cm³/mol. The molecule has 0 aromatic carbocycles. The summed E-state index contributed by atoms with van der Waals surface area (Å²) in [7, 11) is 0. The number of carboxylic acids is 1. The largest absolute Gasteiger partial charge is 0.477 e. The minimum Gasteiger partial charge on any atom is -0.477 e. The van der Waals surface area contributed by atoms with Crippen LogP contribution < -0.4 is 22.6 Å². The van der Waals surface area contributed by atoms with E-state index in [1.807, 2.05) is 0 Å². The van der Waals surface area contributed by atoms with E-state index in [4.69, 9.17) is 22.1 Å². The van der Waals surface area contributed by atoms with Crippen molar-refractivity contribution < 1.29 is 24.3 Å². The number of nitrogens with one attached hydrogen (secondary N) is 1. The number of thiazole rings is 1. The lowest BCUT2D eigenvalue weighted by atomic mass is 10.0. The van der Waals surface area contributed by atoms with Crippen molar-refractivity contribution in [1.29, 1.82) is 0 Å². The summed E-state index contributed by atoms with van der Waals surface area (Å²) in [4.78, 5) is 48.6. The van der Waals surface area contributed by atoms with Gasteiger partial charge in [-0.2, -0.15) is 0 Å². The summed E-state index contributed by atoms with van der Waals surface area (Å²) in [6, 6.07) is -0.957. The molecule has 1 unspecified atom stereocenters. The Morgan fingerprint density at radius 2 is 2.05 bits per heavy atom. The molecule has 2 aromatic rings. The number of amides is 2. The molecule has 2 aliphatic heterocycles. The third kappa shape index (κ3) is 7.42. The highest BCUT2D eigenvalue weighted by atomic mass is 35.5. The van der Waals surface area contributed by atoms with Crippen LogP contribution in [0.4, 0.5) is 5.13 Å². The molecule has 2 aliphatic rings. The second-order valence-corrected chi connectivity index (χ2v) is 10.7. The van der Waals surface area contributed by atoms with E-state index in [0.29, 0.717) is 35.3 Å². The number of carbonyl (C=O) groups excluding carboxylic acids is 2. The maximum atomic E-state index is 13.1. The van der Waals surface area contributed by atoms with Gasteiger partial charge in [0.2, 0.25) is 5.16 Å². The van der Waals surface area contributed by atoms with Crippen LogP contribution in [-0.2, 0) is 19.2 Å². The van der Waals surface area contributed by atoms with Gasteiger partial charge in [-0.05, 0) is 25.5 Å². The van der Waals surface area contributed by atoms with Crippen molar-refractivity contribution in [2.45, 2.75) is 29.9 Å². The zero-order chi connectivity index (χ0) is 26.7. The molecule has 222 valence electrons. The van der Waals surface area contributed by atoms with Crippen LogP contribution in [0.5, 0.6) is 0 Å². The van der Waals surface area contributed by atoms with Crippen molar-refractivity contribution in [3.8, 4) is 0 Å². The van der Waals surface area contributed by atoms with Crippen LogP contribution in [-0.4, -0.2) is 89.4 Å². The number of halogens is 3. The monoisotopic (exact) mass is 676 g/mol. The Balaban J connectivity index is 0.00000267. The first-order valence-corrected chi connectivity index (χ1v) is 13.8. The quantitative estimate of drug-likeness (QED) is 0.0535. The van der Waals surface area contributed by atoms with E-state index in [1.54, 1.807) is 12.3 Å². The molecule has 15 nitrogen and oxygen atoms in total. The molecule has 0 bridgehead atoms. The standard InChI is InChI=1S/C19H24N10O5S3.3ClH/c1-8-25-26-19(29(8)22)37-6-9-5-35-16-12(15(31)28(16)13(9)17(32)33)24-14(30)11(27-34-4-2-3-20)10-7-36-18(21)23-10;;;/h7,12,16H,2-6,20,22H2,1H3,(H2,21,23)(H,24,30)(H,32,33);3*1H/b27-11-;;;/t12?,16-;;;/m1.../s1. The van der Waals surface area contributed by atoms with Crippen molar-refractivity contribution in [2.24, 2.45) is 10.9 Å². The van der Waals surface area contributed by atoms with Gasteiger partial charge in [0.05, 0.1) is 0 Å². The number of thioether (sulfide) groups is 2. The summed E-state index contributed by atoms with van der Waals surface area (Å²) in [5.41, 5.74) is 11.6. The summed E-state index contributed by atoms with van der Waals surface area (Å²) in [5.74, 6) is 4.47. The minimum atomic E-state index is -1.24. The smallest absolute Gasteiger partial charge is 0.352 e. The molecule has 0 radical (unpaired) electrons. The van der Waals surface area contributed by atoms with Crippen LogP contribution in [0.3, 0.4) is 0 Å². The van der Waals surface area contributed by atoms with E-state index >= 15 is 0 Å². The van der Waals surface area contributed by atoms with Gasteiger partial charge in [0.1, 0.15) is 35.2 Å². The Morgan fingerprint density at radius 3 is 2.62 bits per heavy atom. The van der Waals surface area contributed by atoms with Gasteiger partial charge >= 0.3 is 5.97 Å². The Bertz CT molecular complexity index is 1290. The second kappa shape index (κ2) is 15.5. The average molecular weight is 678 g/mol. The van der Waals surface area contributed by atoms with Gasteiger partial charge in [-0.3, -0.25) is 14.5 Å². The van der Waals surface area contributed by atoms with Crippen molar-refractivity contribution in [1.82, 2.24) is 30.1 Å². The number of carboxylic acid groups (broad SMARTS) is 1. The summed E-state index contributed by atoms with van der Waals surface area (Å²) in [6.45, 7) is 2.27. The van der Waals surface area contributed by atoms with Gasteiger partial charge < -0.3 is 32.6 Å². The average Bonchev–Trinajstić information content (AvgIpc) is 3.44. The molecule has 1 saturated heterocycles. The fourth-order valence-corrected chi connectivity index (χ4v) is 6.40. The maximum Gasteiger partial charge on any atom is 0.352 e. The molecule has 2 aromatic heterocycles. The molecular weight excluding hydrogens is 651 g/mol. The summed E-state index contributed by atoms with van der Waals surface area (Å²) in [6.07, 6.45) is 0.528. The number of nitrogens with two attached hydrogens (primary N) is 3. The van der Waals surface area contributed by atoms with Crippen LogP contribution in [0.15, 0.2) is 27.0 Å². The number of oxime groups is 1. The lowest BCUT2D eigenvalue weighted by Crippen LogP contribution is -2.71. The third-order valence-corrected chi connectivity index (χ3v) is 8.36. The number of β-lactam (4-membered cyclic amide) rings is 1. The maximum absolute atomic E-state index is 13.1. The molecule has 0 aliphatic carbocycles. The minimum absolute atomic E-state index is 0. The number of hydrogen-bond donors (Lipinski definition) is 5. The van der Waals surface area contributed by atoms with Crippen molar-refractivity contribution in [2.75, 3.05) is 36.2 Å². The van der Waals surface area contributed by atoms with E-state index in [1.165, 1.54) is 33.1 Å². The molecular formula is C19H27Cl3N10O5S3. The topological polar surface area (TPSA) is 230 Å². The van der Waals surface area contributed by atoms with Crippen LogP contribution in [0, 0.1) is 6.92 Å². The number of hydrogen-bond acceptors (Lipinski definition) is 14. The molecule has 21 heteroatoms. The molecule has 1 fully saturated rings. The third-order valence-electron chi connectivity index (χ3n) is 5.32. The second-order valence-electron chi connectivity index (χ2n) is 7.79. The van der Waals surface area contributed by atoms with Gasteiger partial charge in [0.25, 0.3) is 11.8 Å². The number of aryl methyl sites for hydroxylation is 1. The van der Waals surface area contributed by atoms with E-state index in [-0.39, 0.29) is 71.8 Å². The van der Waals surface area contributed by atoms with Gasteiger partial charge in [-0.25, -0.2) is 14.5 Å². The Labute approximate surface area is 259 Å². The Hall–Kier alpha value is -2.48. The van der Waals surface area contributed by atoms with E-state index < -0.39 is 29.2 Å². The molecule has 0 spiro atoms. The van der Waals surface area contributed by atoms with Crippen molar-refractivity contribution in [3.63, 3.8) is 0 Å². The van der Waals surface area contributed by atoms with E-state index in [2.05, 4.69) is 25.7 Å². The van der Waals surface area contributed by atoms with Gasteiger partial charge in [0, 0.05) is 16.9 Å². The molecule has 4 rings (SSSR count). The molecule has 0 saturated carbocycles. The SMILES string of the molecule is Cc1nnc(SCC2=C(C(=O)O)N3C(=O)C(NC(=O)/C(=N\OCCCN)c4csc(N)n4)[C@H]3SC2)n1N.Cl.Cl.Cl. The Kier molecular flexibility index (Phi) is 13.8. The van der Waals surface area contributed by atoms with Gasteiger partial charge in [-0.1, -0.05) is 16.9 Å². The van der Waals surface area contributed by atoms with Gasteiger partial charge in [-0.15, -0.1) is 70.5 Å². The number of nitrogens with zero attached hydrogens (tertiary/aromatic N) is 6. The van der Waals surface area contributed by atoms with E-state index in [0.717, 1.165) is 11.3 Å². The number of aliphatic carboxylic acids is 1. The zero-order valence-electron chi connectivity index (χ0n) is 20.7. The number of aromatic nitrogens is 4. The van der Waals surface area contributed by atoms with Crippen LogP contribution in [0.25, 0.3) is 0 Å². The highest BCUT2D eigenvalue weighted by Gasteiger charge is 2.54. The van der Waals surface area contributed by atoms with Gasteiger partial charge in [0.15, 0.2) is 10.8 Å². The highest BCUT2D eigenvalue weighted by Crippen LogP contribution is 2.41. The predicted octanol–water partition coefficient (Wildman–Crippen LogP) is 0.205. The first-order chi connectivity index (χ1) is 17.7. The van der Waals surface area contributed by atoms with Crippen LogP contribution in [0.2, 0.25) is 0 Å². The molecule has 4 heterocycles. The molecule has 2 amide bonds. The fourth-order valence-electron chi connectivity index (χ4n) is 3.46. The first kappa shape index (κ1) is 35.5. The van der Waals surface area contributed by atoms with Crippen molar-refractivity contribution >= 4 is 101 Å². The number of rotatable bonds is 11. The molecule has 40 heavy (non-hydrogen) atoms. The lowest BCUT2D eigenvalue weighted by molar-refractivity contribution is -0.150. The summed E-state index contributed by atoms with van der Waals surface area (Å²) in [5, 5.41) is 25.8. The van der Waals surface area contributed by atoms with E-state index in [9.17, 15) is 19.5 Å². The normalized spacial score (nSPS) is 18.0. The highest BCUT2D eigenvalue weighted by molar-refractivity contribution is 8.01. The number of fused-ring (bicyclic) bond motifs is 1. The van der Waals surface area contributed by atoms with Crippen molar-refractivity contribution in [3.05, 3.63) is 28.2 Å². The van der Waals surface area contributed by atoms with Crippen LogP contribution >= 0.6 is 72.1 Å². The summed E-state index contributed by atoms with van der Waals surface area (Å²) < 4.78 is 1.31. The number of anilines is 1. The fraction of sp³-hybridized carbons (Fsp3) is 0.421. The molecule has 8 N–H and O–H groups in total. The zero-order valence-corrected chi connectivity index (χ0v) is 25.6. The number of nitrogen functional groups attached to an aromatic ring is 2.